The van der Waals surface area contributed by atoms with Gasteiger partial charge in [0.15, 0.2) is 0 Å². The molecule has 1 aromatic heterocycles. The van der Waals surface area contributed by atoms with Crippen LogP contribution < -0.4 is 9.64 Å². The largest absolute Gasteiger partial charge is 0.481 e. The van der Waals surface area contributed by atoms with Crippen LogP contribution >= 0.6 is 11.6 Å². The number of benzene rings is 1. The first kappa shape index (κ1) is 16.0. The molecule has 0 aliphatic rings. The van der Waals surface area contributed by atoms with Crippen LogP contribution in [0.5, 0.6) is 5.88 Å². The van der Waals surface area contributed by atoms with Gasteiger partial charge in [-0.1, -0.05) is 11.6 Å². The van der Waals surface area contributed by atoms with Gasteiger partial charge in [0.05, 0.1) is 16.5 Å². The summed E-state index contributed by atoms with van der Waals surface area (Å²) in [7, 11) is -4.26. The first-order chi connectivity index (χ1) is 10.3. The molecule has 2 aromatic rings. The number of halogens is 1. The van der Waals surface area contributed by atoms with Gasteiger partial charge in [-0.3, -0.25) is 9.42 Å². The molecule has 0 bridgehead atoms. The van der Waals surface area contributed by atoms with E-state index in [0.29, 0.717) is 5.02 Å². The van der Waals surface area contributed by atoms with Crippen molar-refractivity contribution in [3.63, 3.8) is 0 Å². The summed E-state index contributed by atoms with van der Waals surface area (Å²) in [6, 6.07) is 5.07. The molecule has 0 saturated carbocycles. The van der Waals surface area contributed by atoms with E-state index >= 15 is 0 Å². The van der Waals surface area contributed by atoms with Crippen molar-refractivity contribution >= 4 is 27.4 Å². The minimum Gasteiger partial charge on any atom is -0.481 e. The number of hydrogen-bond acceptors (Lipinski definition) is 7. The number of ether oxygens (including phenoxy) is 1. The van der Waals surface area contributed by atoms with E-state index in [0.717, 1.165) is 0 Å². The summed E-state index contributed by atoms with van der Waals surface area (Å²) < 4.78 is 33.9. The van der Waals surface area contributed by atoms with Crippen LogP contribution in [0, 0.1) is 5.21 Å². The zero-order valence-corrected chi connectivity index (χ0v) is 12.4. The highest BCUT2D eigenvalue weighted by atomic mass is 35.5. The van der Waals surface area contributed by atoms with Gasteiger partial charge in [-0.15, -0.1) is 0 Å². The molecule has 1 heterocycles. The van der Waals surface area contributed by atoms with E-state index in [9.17, 15) is 18.4 Å². The summed E-state index contributed by atoms with van der Waals surface area (Å²) >= 11 is 5.67. The molecule has 22 heavy (non-hydrogen) atoms. The fourth-order valence-corrected chi connectivity index (χ4v) is 2.89. The summed E-state index contributed by atoms with van der Waals surface area (Å²) in [5.41, 5.74) is 0. The van der Waals surface area contributed by atoms with Gasteiger partial charge in [0, 0.05) is 5.02 Å². The molecule has 0 aliphatic heterocycles. The van der Waals surface area contributed by atoms with Gasteiger partial charge in [-0.05, 0) is 29.2 Å². The SMILES string of the molecule is O=C(O)CCOc1no[n+]([O-])c1S(=O)(=O)c1ccc(Cl)cc1. The monoisotopic (exact) mass is 348 g/mol. The molecule has 1 N–H and O–H groups in total. The fraction of sp³-hybridized carbons (Fsp3) is 0.182. The fourth-order valence-electron chi connectivity index (χ4n) is 1.49. The van der Waals surface area contributed by atoms with Crippen molar-refractivity contribution in [2.75, 3.05) is 6.61 Å². The normalized spacial score (nSPS) is 11.3. The lowest BCUT2D eigenvalue weighted by Gasteiger charge is -2.02. The van der Waals surface area contributed by atoms with Gasteiger partial charge >= 0.3 is 16.9 Å². The van der Waals surface area contributed by atoms with Gasteiger partial charge in [0.25, 0.3) is 9.84 Å². The zero-order valence-electron chi connectivity index (χ0n) is 10.8. The van der Waals surface area contributed by atoms with Crippen LogP contribution in [-0.2, 0) is 14.6 Å². The minimum absolute atomic E-state index is 0.215. The van der Waals surface area contributed by atoms with Gasteiger partial charge in [-0.2, -0.15) is 0 Å². The Morgan fingerprint density at radius 2 is 2.05 bits per heavy atom. The summed E-state index contributed by atoms with van der Waals surface area (Å²) in [6.45, 7) is -0.370. The lowest BCUT2D eigenvalue weighted by molar-refractivity contribution is -0.832. The second-order valence-electron chi connectivity index (χ2n) is 3.99. The van der Waals surface area contributed by atoms with E-state index in [1.165, 1.54) is 24.3 Å². The Balaban J connectivity index is 2.36. The van der Waals surface area contributed by atoms with Crippen molar-refractivity contribution in [1.82, 2.24) is 5.16 Å². The molecule has 0 saturated heterocycles. The maximum absolute atomic E-state index is 12.4. The first-order valence-corrected chi connectivity index (χ1v) is 7.63. The van der Waals surface area contributed by atoms with Crippen molar-refractivity contribution in [2.24, 2.45) is 0 Å². The van der Waals surface area contributed by atoms with Crippen LogP contribution in [0.25, 0.3) is 0 Å². The molecular weight excluding hydrogens is 340 g/mol. The predicted octanol–water partition coefficient (Wildman–Crippen LogP) is 0.648. The molecule has 0 radical (unpaired) electrons. The van der Waals surface area contributed by atoms with Crippen molar-refractivity contribution in [2.45, 2.75) is 16.3 Å². The molecule has 0 spiro atoms. The average molecular weight is 349 g/mol. The highest BCUT2D eigenvalue weighted by Gasteiger charge is 2.35. The predicted molar refractivity (Wildman–Crippen MR) is 70.1 cm³/mol. The third kappa shape index (κ3) is 3.28. The maximum atomic E-state index is 12.4. The summed E-state index contributed by atoms with van der Waals surface area (Å²) in [5.74, 6) is -1.76. The number of hydrogen-bond donors (Lipinski definition) is 1. The van der Waals surface area contributed by atoms with E-state index in [-0.39, 0.29) is 16.4 Å². The topological polar surface area (TPSA) is 134 Å². The highest BCUT2D eigenvalue weighted by molar-refractivity contribution is 7.91. The average Bonchev–Trinajstić information content (AvgIpc) is 2.80. The van der Waals surface area contributed by atoms with E-state index in [1.54, 1.807) is 0 Å². The Morgan fingerprint density at radius 3 is 2.64 bits per heavy atom. The van der Waals surface area contributed by atoms with Crippen LogP contribution in [0.1, 0.15) is 6.42 Å². The molecule has 118 valence electrons. The molecule has 9 nitrogen and oxygen atoms in total. The molecule has 0 atom stereocenters. The first-order valence-electron chi connectivity index (χ1n) is 5.77. The van der Waals surface area contributed by atoms with Gasteiger partial charge in [0.2, 0.25) is 0 Å². The zero-order chi connectivity index (χ0) is 16.3. The van der Waals surface area contributed by atoms with Crippen molar-refractivity contribution in [3.05, 3.63) is 34.5 Å². The third-order valence-corrected chi connectivity index (χ3v) is 4.46. The second-order valence-corrected chi connectivity index (χ2v) is 6.29. The summed E-state index contributed by atoms with van der Waals surface area (Å²) in [4.78, 5) is 9.87. The van der Waals surface area contributed by atoms with E-state index in [1.807, 2.05) is 0 Å². The summed E-state index contributed by atoms with van der Waals surface area (Å²) in [5, 5.41) is 22.7. The Hall–Kier alpha value is -2.33. The lowest BCUT2D eigenvalue weighted by Crippen LogP contribution is -2.31. The van der Waals surface area contributed by atoms with E-state index < -0.39 is 33.1 Å². The number of aliphatic carboxylic acids is 1. The van der Waals surface area contributed by atoms with Crippen LogP contribution in [-0.4, -0.2) is 31.3 Å². The number of carboxylic acids is 1. The van der Waals surface area contributed by atoms with Gasteiger partial charge in [-0.25, -0.2) is 8.42 Å². The number of nitrogens with zero attached hydrogens (tertiary/aromatic N) is 2. The number of sulfone groups is 1. The Kier molecular flexibility index (Phi) is 4.52. The molecule has 1 aromatic carbocycles. The van der Waals surface area contributed by atoms with E-state index in [2.05, 4.69) is 9.79 Å². The number of carboxylic acid groups (broad SMARTS) is 1. The quantitative estimate of drug-likeness (QED) is 0.752. The third-order valence-electron chi connectivity index (χ3n) is 2.48. The Morgan fingerprint density at radius 1 is 1.41 bits per heavy atom. The number of aromatic nitrogens is 2. The maximum Gasteiger partial charge on any atom is 0.414 e. The molecule has 0 fully saturated rings. The van der Waals surface area contributed by atoms with Gasteiger partial charge in [0.1, 0.15) is 6.61 Å². The van der Waals surface area contributed by atoms with Crippen molar-refractivity contribution in [1.29, 1.82) is 0 Å². The summed E-state index contributed by atoms with van der Waals surface area (Å²) in [6.07, 6.45) is -0.397. The molecule has 0 amide bonds. The van der Waals surface area contributed by atoms with Crippen molar-refractivity contribution in [3.8, 4) is 5.88 Å². The smallest absolute Gasteiger partial charge is 0.414 e. The number of rotatable bonds is 6. The minimum atomic E-state index is -4.26. The lowest BCUT2D eigenvalue weighted by atomic mass is 10.4. The molecule has 0 aliphatic carbocycles. The Labute approximate surface area is 129 Å². The van der Waals surface area contributed by atoms with Crippen LogP contribution in [0.2, 0.25) is 5.02 Å². The highest BCUT2D eigenvalue weighted by Crippen LogP contribution is 2.26. The molecule has 11 heteroatoms. The number of carbonyl (C=O) groups is 1. The second kappa shape index (κ2) is 6.20. The standard InChI is InChI=1S/C11H9ClN2O7S/c12-7-1-3-8(4-2-7)22(18,19)11-10(13-21-14(11)17)20-6-5-9(15)16/h1-4H,5-6H2,(H,15,16). The van der Waals surface area contributed by atoms with Crippen LogP contribution in [0.15, 0.2) is 38.8 Å². The Bertz CT molecular complexity index is 785. The molecule has 0 unspecified atom stereocenters. The molecular formula is C11H9ClN2O7S. The molecule has 2 rings (SSSR count). The van der Waals surface area contributed by atoms with Gasteiger partial charge < -0.3 is 15.1 Å². The van der Waals surface area contributed by atoms with Crippen LogP contribution in [0.4, 0.5) is 0 Å². The van der Waals surface area contributed by atoms with E-state index in [4.69, 9.17) is 21.4 Å². The van der Waals surface area contributed by atoms with Crippen molar-refractivity contribution < 1.29 is 32.6 Å². The van der Waals surface area contributed by atoms with Crippen LogP contribution in [0.3, 0.4) is 0 Å².